The maximum Gasteiger partial charge on any atom is 0.326 e. The van der Waals surface area contributed by atoms with Gasteiger partial charge < -0.3 is 19.9 Å². The van der Waals surface area contributed by atoms with Crippen LogP contribution in [0.25, 0.3) is 0 Å². The Morgan fingerprint density at radius 1 is 1.45 bits per heavy atom. The number of nitrogens with zero attached hydrogens (tertiary/aromatic N) is 2. The quantitative estimate of drug-likeness (QED) is 0.708. The van der Waals surface area contributed by atoms with Crippen LogP contribution in [0.15, 0.2) is 6.07 Å². The monoisotopic (exact) mass is 283 g/mol. The Morgan fingerprint density at radius 3 is 2.80 bits per heavy atom. The summed E-state index contributed by atoms with van der Waals surface area (Å²) in [5.74, 6) is -0.277. The number of carboxylic acids is 1. The molecule has 0 aliphatic carbocycles. The van der Waals surface area contributed by atoms with Gasteiger partial charge in [0.2, 0.25) is 11.8 Å². The summed E-state index contributed by atoms with van der Waals surface area (Å²) in [6.07, 6.45) is 1.20. The molecule has 1 heterocycles. The smallest absolute Gasteiger partial charge is 0.326 e. The Balaban J connectivity index is 2.77. The van der Waals surface area contributed by atoms with Crippen LogP contribution in [0, 0.1) is 6.92 Å². The van der Waals surface area contributed by atoms with E-state index >= 15 is 0 Å². The number of ether oxygens (including phenoxy) is 2. The molecule has 112 valence electrons. The van der Waals surface area contributed by atoms with Crippen molar-refractivity contribution in [3.8, 4) is 5.88 Å². The standard InChI is InChI=1S/C13H21N3O4/c1-4-6-20-11-8-9(2)14-13(16-11)15-10(12(17)18)5-7-19-3/h8,10H,4-7H2,1-3H3,(H,17,18)(H,14,15,16). The van der Waals surface area contributed by atoms with Gasteiger partial charge in [-0.15, -0.1) is 0 Å². The average molecular weight is 283 g/mol. The van der Waals surface area contributed by atoms with Gasteiger partial charge in [-0.1, -0.05) is 6.92 Å². The van der Waals surface area contributed by atoms with Crippen molar-refractivity contribution in [1.29, 1.82) is 0 Å². The lowest BCUT2D eigenvalue weighted by Crippen LogP contribution is -2.31. The van der Waals surface area contributed by atoms with Crippen molar-refractivity contribution in [2.45, 2.75) is 32.7 Å². The second-order valence-corrected chi connectivity index (χ2v) is 4.34. The molecule has 20 heavy (non-hydrogen) atoms. The predicted octanol–water partition coefficient (Wildman–Crippen LogP) is 1.48. The summed E-state index contributed by atoms with van der Waals surface area (Å²) in [6.45, 7) is 4.70. The molecule has 2 N–H and O–H groups in total. The van der Waals surface area contributed by atoms with Crippen LogP contribution in [0.2, 0.25) is 0 Å². The number of methoxy groups -OCH3 is 1. The van der Waals surface area contributed by atoms with Crippen molar-refractivity contribution >= 4 is 11.9 Å². The van der Waals surface area contributed by atoms with E-state index in [2.05, 4.69) is 15.3 Å². The van der Waals surface area contributed by atoms with Gasteiger partial charge in [-0.25, -0.2) is 9.78 Å². The molecule has 1 unspecified atom stereocenters. The Kier molecular flexibility index (Phi) is 6.72. The molecule has 0 aromatic carbocycles. The van der Waals surface area contributed by atoms with Crippen LogP contribution in [-0.2, 0) is 9.53 Å². The summed E-state index contributed by atoms with van der Waals surface area (Å²) in [5.41, 5.74) is 0.712. The van der Waals surface area contributed by atoms with E-state index in [-0.39, 0.29) is 5.95 Å². The van der Waals surface area contributed by atoms with E-state index in [4.69, 9.17) is 14.6 Å². The third kappa shape index (κ3) is 5.40. The summed E-state index contributed by atoms with van der Waals surface area (Å²) < 4.78 is 10.3. The number of aliphatic carboxylic acids is 1. The maximum absolute atomic E-state index is 11.1. The van der Waals surface area contributed by atoms with Crippen molar-refractivity contribution in [1.82, 2.24) is 9.97 Å². The van der Waals surface area contributed by atoms with Gasteiger partial charge in [0, 0.05) is 31.9 Å². The fourth-order valence-electron chi connectivity index (χ4n) is 1.53. The lowest BCUT2D eigenvalue weighted by molar-refractivity contribution is -0.138. The zero-order valence-corrected chi connectivity index (χ0v) is 12.0. The summed E-state index contributed by atoms with van der Waals surface area (Å²) in [4.78, 5) is 19.5. The number of aromatic nitrogens is 2. The van der Waals surface area contributed by atoms with E-state index in [1.54, 1.807) is 13.0 Å². The Bertz CT molecular complexity index is 440. The van der Waals surface area contributed by atoms with Crippen LogP contribution in [-0.4, -0.2) is 47.4 Å². The van der Waals surface area contributed by atoms with Gasteiger partial charge in [-0.2, -0.15) is 4.98 Å². The first-order chi connectivity index (χ1) is 9.56. The highest BCUT2D eigenvalue weighted by atomic mass is 16.5. The van der Waals surface area contributed by atoms with Gasteiger partial charge in [-0.3, -0.25) is 0 Å². The summed E-state index contributed by atoms with van der Waals surface area (Å²) >= 11 is 0. The zero-order chi connectivity index (χ0) is 15.0. The summed E-state index contributed by atoms with van der Waals surface area (Å²) in [6, 6.07) is 0.918. The lowest BCUT2D eigenvalue weighted by atomic mass is 10.2. The summed E-state index contributed by atoms with van der Waals surface area (Å²) in [7, 11) is 1.53. The third-order valence-electron chi connectivity index (χ3n) is 2.50. The van der Waals surface area contributed by atoms with Gasteiger partial charge in [-0.05, 0) is 13.3 Å². The Labute approximate surface area is 118 Å². The van der Waals surface area contributed by atoms with Gasteiger partial charge >= 0.3 is 5.97 Å². The number of hydrogen-bond donors (Lipinski definition) is 2. The second kappa shape index (κ2) is 8.31. The Hall–Kier alpha value is -1.89. The van der Waals surface area contributed by atoms with Crippen molar-refractivity contribution in [3.63, 3.8) is 0 Å². The van der Waals surface area contributed by atoms with Crippen LogP contribution >= 0.6 is 0 Å². The predicted molar refractivity (Wildman–Crippen MR) is 74.1 cm³/mol. The molecule has 1 aromatic heterocycles. The van der Waals surface area contributed by atoms with E-state index in [1.807, 2.05) is 6.92 Å². The number of carboxylic acid groups (broad SMARTS) is 1. The molecule has 7 heteroatoms. The maximum atomic E-state index is 11.1. The molecule has 7 nitrogen and oxygen atoms in total. The molecule has 1 atom stereocenters. The van der Waals surface area contributed by atoms with Gasteiger partial charge in [0.1, 0.15) is 6.04 Å². The average Bonchev–Trinajstić information content (AvgIpc) is 2.40. The normalized spacial score (nSPS) is 11.9. The first kappa shape index (κ1) is 16.2. The van der Waals surface area contributed by atoms with Crippen LogP contribution in [0.4, 0.5) is 5.95 Å². The fourth-order valence-corrected chi connectivity index (χ4v) is 1.53. The van der Waals surface area contributed by atoms with Gasteiger partial charge in [0.15, 0.2) is 0 Å². The molecule has 0 saturated carbocycles. The molecule has 0 aliphatic rings. The molecular weight excluding hydrogens is 262 g/mol. The minimum absolute atomic E-state index is 0.250. The third-order valence-corrected chi connectivity index (χ3v) is 2.50. The molecule has 0 radical (unpaired) electrons. The first-order valence-electron chi connectivity index (χ1n) is 6.53. The molecular formula is C13H21N3O4. The summed E-state index contributed by atoms with van der Waals surface area (Å²) in [5, 5.41) is 11.9. The molecule has 0 spiro atoms. The zero-order valence-electron chi connectivity index (χ0n) is 12.0. The number of aryl methyl sites for hydroxylation is 1. The number of rotatable bonds is 9. The van der Waals surface area contributed by atoms with Gasteiger partial charge in [0.25, 0.3) is 0 Å². The molecule has 0 fully saturated rings. The van der Waals surface area contributed by atoms with E-state index < -0.39 is 12.0 Å². The number of nitrogens with one attached hydrogen (secondary N) is 1. The fraction of sp³-hybridized carbons (Fsp3) is 0.615. The van der Waals surface area contributed by atoms with Crippen LogP contribution in [0.5, 0.6) is 5.88 Å². The number of carbonyl (C=O) groups is 1. The highest BCUT2D eigenvalue weighted by Gasteiger charge is 2.18. The van der Waals surface area contributed by atoms with Crippen LogP contribution in [0.1, 0.15) is 25.5 Å². The van der Waals surface area contributed by atoms with Crippen molar-refractivity contribution in [2.75, 3.05) is 25.6 Å². The highest BCUT2D eigenvalue weighted by molar-refractivity contribution is 5.76. The molecule has 0 aliphatic heterocycles. The highest BCUT2D eigenvalue weighted by Crippen LogP contribution is 2.13. The molecule has 0 amide bonds. The minimum atomic E-state index is -0.969. The van der Waals surface area contributed by atoms with Crippen molar-refractivity contribution < 1.29 is 19.4 Å². The number of anilines is 1. The molecule has 1 rings (SSSR count). The molecule has 1 aromatic rings. The largest absolute Gasteiger partial charge is 0.480 e. The molecule has 0 bridgehead atoms. The van der Waals surface area contributed by atoms with Crippen LogP contribution < -0.4 is 10.1 Å². The second-order valence-electron chi connectivity index (χ2n) is 4.34. The van der Waals surface area contributed by atoms with Crippen molar-refractivity contribution in [3.05, 3.63) is 11.8 Å². The number of hydrogen-bond acceptors (Lipinski definition) is 6. The minimum Gasteiger partial charge on any atom is -0.480 e. The van der Waals surface area contributed by atoms with Gasteiger partial charge in [0.05, 0.1) is 6.61 Å². The Morgan fingerprint density at radius 2 is 2.20 bits per heavy atom. The lowest BCUT2D eigenvalue weighted by Gasteiger charge is -2.15. The first-order valence-corrected chi connectivity index (χ1v) is 6.53. The van der Waals surface area contributed by atoms with E-state index in [0.29, 0.717) is 31.2 Å². The molecule has 0 saturated heterocycles. The van der Waals surface area contributed by atoms with Crippen LogP contribution in [0.3, 0.4) is 0 Å². The van der Waals surface area contributed by atoms with E-state index in [1.165, 1.54) is 7.11 Å². The topological polar surface area (TPSA) is 93.6 Å². The van der Waals surface area contributed by atoms with E-state index in [0.717, 1.165) is 6.42 Å². The van der Waals surface area contributed by atoms with E-state index in [9.17, 15) is 4.79 Å². The van der Waals surface area contributed by atoms with Crippen molar-refractivity contribution in [2.24, 2.45) is 0 Å². The SMILES string of the molecule is CCCOc1cc(C)nc(NC(CCOC)C(=O)O)n1.